The second-order valence-corrected chi connectivity index (χ2v) is 5.32. The number of piperidine rings is 1. The van der Waals surface area contributed by atoms with Crippen molar-refractivity contribution in [2.75, 3.05) is 13.7 Å². The average Bonchev–Trinajstić information content (AvgIpc) is 2.89. The fraction of sp³-hybridized carbons (Fsp3) is 0.429. The summed E-state index contributed by atoms with van der Waals surface area (Å²) in [5.41, 5.74) is 0. The zero-order chi connectivity index (χ0) is 14.5. The van der Waals surface area contributed by atoms with Crippen LogP contribution in [-0.4, -0.2) is 36.5 Å². The van der Waals surface area contributed by atoms with E-state index in [0.29, 0.717) is 23.4 Å². The Balaban J connectivity index is 2.06. The Labute approximate surface area is 125 Å². The van der Waals surface area contributed by atoms with E-state index in [4.69, 9.17) is 9.15 Å². The molecule has 1 atom stereocenters. The Bertz CT molecular complexity index is 523. The summed E-state index contributed by atoms with van der Waals surface area (Å²) in [6.07, 6.45) is 5.50. The first kappa shape index (κ1) is 14.8. The number of esters is 1. The van der Waals surface area contributed by atoms with Gasteiger partial charge in [0.2, 0.25) is 5.91 Å². The highest BCUT2D eigenvalue weighted by molar-refractivity contribution is 9.10. The fourth-order valence-electron chi connectivity index (χ4n) is 2.24. The van der Waals surface area contributed by atoms with Crippen LogP contribution in [0.4, 0.5) is 0 Å². The van der Waals surface area contributed by atoms with Crippen LogP contribution in [0.3, 0.4) is 0 Å². The van der Waals surface area contributed by atoms with Crippen molar-refractivity contribution in [3.05, 3.63) is 28.6 Å². The van der Waals surface area contributed by atoms with Gasteiger partial charge < -0.3 is 14.1 Å². The number of methoxy groups -OCH3 is 1. The van der Waals surface area contributed by atoms with E-state index in [9.17, 15) is 9.59 Å². The van der Waals surface area contributed by atoms with Crippen LogP contribution >= 0.6 is 15.9 Å². The molecule has 5 nitrogen and oxygen atoms in total. The third kappa shape index (κ3) is 3.50. The molecular formula is C14H16BrNO4. The van der Waals surface area contributed by atoms with Gasteiger partial charge in [-0.05, 0) is 53.4 Å². The Morgan fingerprint density at radius 2 is 2.25 bits per heavy atom. The molecule has 1 fully saturated rings. The molecular weight excluding hydrogens is 326 g/mol. The summed E-state index contributed by atoms with van der Waals surface area (Å²) in [5, 5.41) is 0. The van der Waals surface area contributed by atoms with Crippen molar-refractivity contribution in [1.82, 2.24) is 4.90 Å². The van der Waals surface area contributed by atoms with Crippen LogP contribution in [0.1, 0.15) is 25.0 Å². The lowest BCUT2D eigenvalue weighted by molar-refractivity contribution is -0.153. The van der Waals surface area contributed by atoms with Crippen molar-refractivity contribution in [2.24, 2.45) is 0 Å². The van der Waals surface area contributed by atoms with Crippen molar-refractivity contribution < 1.29 is 18.7 Å². The summed E-state index contributed by atoms with van der Waals surface area (Å²) in [7, 11) is 1.34. The van der Waals surface area contributed by atoms with E-state index in [1.807, 2.05) is 0 Å². The van der Waals surface area contributed by atoms with Crippen LogP contribution in [0.15, 0.2) is 27.3 Å². The summed E-state index contributed by atoms with van der Waals surface area (Å²) in [5.74, 6) is 0.0247. The summed E-state index contributed by atoms with van der Waals surface area (Å²) >= 11 is 3.20. The number of furan rings is 1. The molecule has 0 N–H and O–H groups in total. The van der Waals surface area contributed by atoms with Crippen LogP contribution in [0.5, 0.6) is 0 Å². The third-order valence-electron chi connectivity index (χ3n) is 3.24. The van der Waals surface area contributed by atoms with Crippen LogP contribution in [-0.2, 0) is 14.3 Å². The second-order valence-electron chi connectivity index (χ2n) is 4.54. The highest BCUT2D eigenvalue weighted by atomic mass is 79.9. The highest BCUT2D eigenvalue weighted by Gasteiger charge is 2.31. The van der Waals surface area contributed by atoms with E-state index in [1.165, 1.54) is 13.2 Å². The first-order valence-corrected chi connectivity index (χ1v) is 7.23. The maximum atomic E-state index is 12.2. The van der Waals surface area contributed by atoms with E-state index in [2.05, 4.69) is 15.9 Å². The van der Waals surface area contributed by atoms with Gasteiger partial charge in [0.15, 0.2) is 4.67 Å². The molecule has 20 heavy (non-hydrogen) atoms. The molecule has 0 saturated carbocycles. The lowest BCUT2D eigenvalue weighted by atomic mass is 10.0. The Hall–Kier alpha value is -1.56. The maximum Gasteiger partial charge on any atom is 0.328 e. The Morgan fingerprint density at radius 1 is 1.45 bits per heavy atom. The highest BCUT2D eigenvalue weighted by Crippen LogP contribution is 2.19. The molecule has 0 unspecified atom stereocenters. The molecule has 1 aliphatic rings. The molecule has 1 aromatic rings. The topological polar surface area (TPSA) is 59.8 Å². The van der Waals surface area contributed by atoms with Crippen LogP contribution in [0.2, 0.25) is 0 Å². The number of carbonyl (C=O) groups is 2. The Morgan fingerprint density at radius 3 is 2.90 bits per heavy atom. The van der Waals surface area contributed by atoms with Crippen molar-refractivity contribution in [3.8, 4) is 0 Å². The number of halogens is 1. The number of carbonyl (C=O) groups excluding carboxylic acids is 2. The largest absolute Gasteiger partial charge is 0.467 e. The molecule has 2 rings (SSSR count). The summed E-state index contributed by atoms with van der Waals surface area (Å²) < 4.78 is 10.6. The van der Waals surface area contributed by atoms with Gasteiger partial charge in [0.05, 0.1) is 7.11 Å². The van der Waals surface area contributed by atoms with E-state index >= 15 is 0 Å². The van der Waals surface area contributed by atoms with Gasteiger partial charge >= 0.3 is 5.97 Å². The quantitative estimate of drug-likeness (QED) is 0.626. The SMILES string of the molecule is COC(=O)[C@H]1CCCCN1C(=O)/C=C/c1ccc(Br)o1. The lowest BCUT2D eigenvalue weighted by Gasteiger charge is -2.32. The van der Waals surface area contributed by atoms with Gasteiger partial charge in [-0.25, -0.2) is 4.79 Å². The summed E-state index contributed by atoms with van der Waals surface area (Å²) in [4.78, 5) is 25.4. The molecule has 1 saturated heterocycles. The number of ether oxygens (including phenoxy) is 1. The molecule has 1 aromatic heterocycles. The summed E-state index contributed by atoms with van der Waals surface area (Å²) in [6.45, 7) is 0.574. The smallest absolute Gasteiger partial charge is 0.328 e. The molecule has 6 heteroatoms. The van der Waals surface area contributed by atoms with Gasteiger partial charge in [-0.15, -0.1) is 0 Å². The zero-order valence-corrected chi connectivity index (χ0v) is 12.8. The van der Waals surface area contributed by atoms with Crippen molar-refractivity contribution in [3.63, 3.8) is 0 Å². The molecule has 0 radical (unpaired) electrons. The summed E-state index contributed by atoms with van der Waals surface area (Å²) in [6, 6.07) is 3.03. The minimum absolute atomic E-state index is 0.201. The van der Waals surface area contributed by atoms with Crippen LogP contribution in [0, 0.1) is 0 Å². The lowest BCUT2D eigenvalue weighted by Crippen LogP contribution is -2.47. The first-order valence-electron chi connectivity index (χ1n) is 6.43. The maximum absolute atomic E-state index is 12.2. The number of hydrogen-bond donors (Lipinski definition) is 0. The van der Waals surface area contributed by atoms with E-state index in [0.717, 1.165) is 12.8 Å². The van der Waals surface area contributed by atoms with Gasteiger partial charge in [0.1, 0.15) is 11.8 Å². The van der Waals surface area contributed by atoms with Gasteiger partial charge in [-0.1, -0.05) is 0 Å². The van der Waals surface area contributed by atoms with Crippen molar-refractivity contribution in [1.29, 1.82) is 0 Å². The number of hydrogen-bond acceptors (Lipinski definition) is 4. The standard InChI is InChI=1S/C14H16BrNO4/c1-19-14(18)11-4-2-3-9-16(11)13(17)8-6-10-5-7-12(15)20-10/h5-8,11H,2-4,9H2,1H3/b8-6+/t11-/m1/s1. The van der Waals surface area contributed by atoms with Gasteiger partial charge in [-0.3, -0.25) is 4.79 Å². The zero-order valence-electron chi connectivity index (χ0n) is 11.2. The minimum Gasteiger partial charge on any atom is -0.467 e. The number of amides is 1. The fourth-order valence-corrected chi connectivity index (χ4v) is 2.56. The number of likely N-dealkylation sites (tertiary alicyclic amines) is 1. The molecule has 1 amide bonds. The molecule has 1 aliphatic heterocycles. The monoisotopic (exact) mass is 341 g/mol. The van der Waals surface area contributed by atoms with Gasteiger partial charge in [-0.2, -0.15) is 0 Å². The van der Waals surface area contributed by atoms with E-state index in [1.54, 1.807) is 23.1 Å². The molecule has 2 heterocycles. The Kier molecular flexibility index (Phi) is 5.00. The van der Waals surface area contributed by atoms with E-state index < -0.39 is 6.04 Å². The minimum atomic E-state index is -0.478. The molecule has 0 bridgehead atoms. The van der Waals surface area contributed by atoms with Gasteiger partial charge in [0, 0.05) is 12.6 Å². The first-order chi connectivity index (χ1) is 9.61. The molecule has 108 valence electrons. The number of rotatable bonds is 3. The predicted octanol–water partition coefficient (Wildman–Crippen LogP) is 2.61. The van der Waals surface area contributed by atoms with Crippen molar-refractivity contribution in [2.45, 2.75) is 25.3 Å². The van der Waals surface area contributed by atoms with Gasteiger partial charge in [0.25, 0.3) is 0 Å². The molecule has 0 aromatic carbocycles. The molecule has 0 spiro atoms. The normalized spacial score (nSPS) is 19.3. The van der Waals surface area contributed by atoms with Crippen molar-refractivity contribution >= 4 is 33.9 Å². The van der Waals surface area contributed by atoms with E-state index in [-0.39, 0.29) is 11.9 Å². The average molecular weight is 342 g/mol. The molecule has 0 aliphatic carbocycles. The second kappa shape index (κ2) is 6.74. The van der Waals surface area contributed by atoms with Crippen LogP contribution < -0.4 is 0 Å². The third-order valence-corrected chi connectivity index (χ3v) is 3.67. The van der Waals surface area contributed by atoms with Crippen LogP contribution in [0.25, 0.3) is 6.08 Å². The predicted molar refractivity (Wildman–Crippen MR) is 76.8 cm³/mol. The number of nitrogens with zero attached hydrogens (tertiary/aromatic N) is 1.